The topological polar surface area (TPSA) is 64.3 Å². The maximum Gasteiger partial charge on any atom is 0.341 e. The molecular weight excluding hydrogens is 256 g/mol. The third-order valence-corrected chi connectivity index (χ3v) is 2.93. The molecular formula is C15H12N2O3. The number of aliphatic carboxylic acids is 1. The summed E-state index contributed by atoms with van der Waals surface area (Å²) >= 11 is 0. The fourth-order valence-corrected chi connectivity index (χ4v) is 2.01. The quantitative estimate of drug-likeness (QED) is 0.789. The predicted molar refractivity (Wildman–Crippen MR) is 74.2 cm³/mol. The van der Waals surface area contributed by atoms with Gasteiger partial charge in [-0.15, -0.1) is 0 Å². The molecule has 1 heterocycles. The minimum atomic E-state index is -0.991. The molecule has 0 unspecified atom stereocenters. The second-order valence-electron chi connectivity index (χ2n) is 4.28. The van der Waals surface area contributed by atoms with Gasteiger partial charge in [0.2, 0.25) is 0 Å². The second-order valence-corrected chi connectivity index (χ2v) is 4.28. The smallest absolute Gasteiger partial charge is 0.341 e. The first-order valence-electron chi connectivity index (χ1n) is 6.11. The average molecular weight is 268 g/mol. The fraction of sp³-hybridized carbons (Fsp3) is 0.0667. The summed E-state index contributed by atoms with van der Waals surface area (Å²) in [5.74, 6) is -0.463. The summed E-state index contributed by atoms with van der Waals surface area (Å²) in [5.41, 5.74) is 2.90. The van der Waals surface area contributed by atoms with E-state index in [-0.39, 0.29) is 6.61 Å². The molecule has 0 amide bonds. The molecule has 1 aromatic heterocycles. The summed E-state index contributed by atoms with van der Waals surface area (Å²) in [4.78, 5) is 14.8. The molecule has 0 aliphatic rings. The van der Waals surface area contributed by atoms with Crippen LogP contribution in [0.1, 0.15) is 0 Å². The number of carbonyl (C=O) groups is 1. The van der Waals surface area contributed by atoms with Crippen LogP contribution in [-0.4, -0.2) is 27.2 Å². The van der Waals surface area contributed by atoms with Crippen LogP contribution < -0.4 is 4.74 Å². The lowest BCUT2D eigenvalue weighted by Gasteiger charge is -2.06. The number of para-hydroxylation sites is 2. The van der Waals surface area contributed by atoms with Gasteiger partial charge in [0.15, 0.2) is 6.61 Å². The Kier molecular flexibility index (Phi) is 3.09. The monoisotopic (exact) mass is 268 g/mol. The van der Waals surface area contributed by atoms with Gasteiger partial charge in [-0.25, -0.2) is 9.78 Å². The van der Waals surface area contributed by atoms with Crippen molar-refractivity contribution in [2.24, 2.45) is 0 Å². The molecule has 5 nitrogen and oxygen atoms in total. The van der Waals surface area contributed by atoms with E-state index >= 15 is 0 Å². The van der Waals surface area contributed by atoms with Crippen LogP contribution in [0.5, 0.6) is 5.75 Å². The van der Waals surface area contributed by atoms with Crippen LogP contribution >= 0.6 is 0 Å². The number of hydrogen-bond donors (Lipinski definition) is 1. The Labute approximate surface area is 115 Å². The lowest BCUT2D eigenvalue weighted by molar-refractivity contribution is -0.139. The van der Waals surface area contributed by atoms with Crippen molar-refractivity contribution in [3.63, 3.8) is 0 Å². The number of rotatable bonds is 4. The molecule has 0 saturated heterocycles. The highest BCUT2D eigenvalue weighted by molar-refractivity contribution is 5.77. The van der Waals surface area contributed by atoms with Gasteiger partial charge in [-0.1, -0.05) is 12.1 Å². The summed E-state index contributed by atoms with van der Waals surface area (Å²) in [6.45, 7) is -0.340. The van der Waals surface area contributed by atoms with Gasteiger partial charge in [-0.3, -0.25) is 4.57 Å². The van der Waals surface area contributed by atoms with Crippen molar-refractivity contribution in [1.82, 2.24) is 9.55 Å². The second kappa shape index (κ2) is 5.05. The molecule has 0 saturated carbocycles. The molecule has 3 rings (SSSR count). The number of fused-ring (bicyclic) bond motifs is 1. The summed E-state index contributed by atoms with van der Waals surface area (Å²) in [6.07, 6.45) is 1.76. The van der Waals surface area contributed by atoms with Crippen molar-refractivity contribution < 1.29 is 14.6 Å². The standard InChI is InChI=1S/C15H12N2O3/c18-15(19)9-20-12-7-5-11(6-8-12)17-10-16-13-3-1-2-4-14(13)17/h1-8,10H,9H2,(H,18,19). The van der Waals surface area contributed by atoms with Crippen LogP contribution in [0.4, 0.5) is 0 Å². The highest BCUT2D eigenvalue weighted by atomic mass is 16.5. The van der Waals surface area contributed by atoms with Crippen LogP contribution in [0.15, 0.2) is 54.9 Å². The van der Waals surface area contributed by atoms with Gasteiger partial charge in [-0.05, 0) is 36.4 Å². The van der Waals surface area contributed by atoms with E-state index in [2.05, 4.69) is 4.98 Å². The first-order valence-corrected chi connectivity index (χ1v) is 6.11. The summed E-state index contributed by atoms with van der Waals surface area (Å²) in [7, 11) is 0. The summed E-state index contributed by atoms with van der Waals surface area (Å²) < 4.78 is 7.07. The molecule has 3 aromatic rings. The Morgan fingerprint density at radius 1 is 1.15 bits per heavy atom. The number of carboxylic acids is 1. The Bertz CT molecular complexity index is 747. The zero-order valence-corrected chi connectivity index (χ0v) is 10.6. The minimum Gasteiger partial charge on any atom is -0.482 e. The number of hydrogen-bond acceptors (Lipinski definition) is 3. The Morgan fingerprint density at radius 2 is 1.90 bits per heavy atom. The number of benzene rings is 2. The third kappa shape index (κ3) is 2.33. The minimum absolute atomic E-state index is 0.340. The molecule has 0 aliphatic carbocycles. The van der Waals surface area contributed by atoms with Crippen LogP contribution in [0.25, 0.3) is 16.7 Å². The summed E-state index contributed by atoms with van der Waals surface area (Å²) in [6, 6.07) is 15.1. The molecule has 0 radical (unpaired) electrons. The zero-order valence-electron chi connectivity index (χ0n) is 10.6. The lowest BCUT2D eigenvalue weighted by atomic mass is 10.2. The molecule has 1 N–H and O–H groups in total. The highest BCUT2D eigenvalue weighted by Gasteiger charge is 2.04. The van der Waals surface area contributed by atoms with Crippen LogP contribution in [0.3, 0.4) is 0 Å². The molecule has 20 heavy (non-hydrogen) atoms. The van der Waals surface area contributed by atoms with Gasteiger partial charge in [-0.2, -0.15) is 0 Å². The number of carboxylic acid groups (broad SMARTS) is 1. The molecule has 2 aromatic carbocycles. The van der Waals surface area contributed by atoms with E-state index < -0.39 is 5.97 Å². The van der Waals surface area contributed by atoms with E-state index in [9.17, 15) is 4.79 Å². The maximum atomic E-state index is 10.4. The Hall–Kier alpha value is -2.82. The molecule has 0 bridgehead atoms. The zero-order chi connectivity index (χ0) is 13.9. The highest BCUT2D eigenvalue weighted by Crippen LogP contribution is 2.20. The molecule has 100 valence electrons. The van der Waals surface area contributed by atoms with Crippen LogP contribution in [0, 0.1) is 0 Å². The van der Waals surface area contributed by atoms with Crippen molar-refractivity contribution in [2.75, 3.05) is 6.61 Å². The summed E-state index contributed by atoms with van der Waals surface area (Å²) in [5, 5.41) is 8.56. The van der Waals surface area contributed by atoms with E-state index in [1.807, 2.05) is 41.0 Å². The van der Waals surface area contributed by atoms with Gasteiger partial charge >= 0.3 is 5.97 Å². The fourth-order valence-electron chi connectivity index (χ4n) is 2.01. The first kappa shape index (κ1) is 12.2. The Morgan fingerprint density at radius 3 is 2.65 bits per heavy atom. The molecule has 0 aliphatic heterocycles. The van der Waals surface area contributed by atoms with Crippen molar-refractivity contribution in [3.8, 4) is 11.4 Å². The Balaban J connectivity index is 1.89. The maximum absolute atomic E-state index is 10.4. The van der Waals surface area contributed by atoms with Crippen molar-refractivity contribution in [3.05, 3.63) is 54.9 Å². The van der Waals surface area contributed by atoms with Gasteiger partial charge in [0.25, 0.3) is 0 Å². The number of nitrogens with zero attached hydrogens (tertiary/aromatic N) is 2. The number of aromatic nitrogens is 2. The van der Waals surface area contributed by atoms with E-state index in [0.29, 0.717) is 5.75 Å². The van der Waals surface area contributed by atoms with Crippen LogP contribution in [0.2, 0.25) is 0 Å². The molecule has 5 heteroatoms. The van der Waals surface area contributed by atoms with Crippen molar-refractivity contribution >= 4 is 17.0 Å². The van der Waals surface area contributed by atoms with Crippen molar-refractivity contribution in [1.29, 1.82) is 0 Å². The van der Waals surface area contributed by atoms with E-state index in [1.54, 1.807) is 18.5 Å². The van der Waals surface area contributed by atoms with E-state index in [1.165, 1.54) is 0 Å². The largest absolute Gasteiger partial charge is 0.482 e. The van der Waals surface area contributed by atoms with Gasteiger partial charge in [0, 0.05) is 5.69 Å². The number of imidazole rings is 1. The normalized spacial score (nSPS) is 10.6. The average Bonchev–Trinajstić information content (AvgIpc) is 2.89. The third-order valence-electron chi connectivity index (χ3n) is 2.93. The first-order chi connectivity index (χ1) is 9.74. The van der Waals surface area contributed by atoms with Gasteiger partial charge in [0.05, 0.1) is 11.0 Å². The van der Waals surface area contributed by atoms with E-state index in [0.717, 1.165) is 16.7 Å². The molecule has 0 fully saturated rings. The van der Waals surface area contributed by atoms with Gasteiger partial charge < -0.3 is 9.84 Å². The molecule has 0 spiro atoms. The van der Waals surface area contributed by atoms with Crippen LogP contribution in [-0.2, 0) is 4.79 Å². The molecule has 0 atom stereocenters. The lowest BCUT2D eigenvalue weighted by Crippen LogP contribution is -2.09. The van der Waals surface area contributed by atoms with Crippen molar-refractivity contribution in [2.45, 2.75) is 0 Å². The number of ether oxygens (including phenoxy) is 1. The SMILES string of the molecule is O=C(O)COc1ccc(-n2cnc3ccccc32)cc1. The van der Waals surface area contributed by atoms with Gasteiger partial charge in [0.1, 0.15) is 12.1 Å². The van der Waals surface area contributed by atoms with E-state index in [4.69, 9.17) is 9.84 Å². The predicted octanol–water partition coefficient (Wildman–Crippen LogP) is 2.49.